The molecule has 0 spiro atoms. The molecule has 0 aromatic heterocycles. The maximum absolute atomic E-state index is 13.6. The van der Waals surface area contributed by atoms with E-state index in [-0.39, 0.29) is 11.1 Å². The monoisotopic (exact) mass is 268 g/mol. The smallest absolute Gasteiger partial charge is 0.338 e. The zero-order chi connectivity index (χ0) is 14.8. The van der Waals surface area contributed by atoms with Gasteiger partial charge in [0.05, 0.1) is 16.9 Å². The summed E-state index contributed by atoms with van der Waals surface area (Å²) < 4.78 is 13.6. The van der Waals surface area contributed by atoms with Crippen LogP contribution in [-0.2, 0) is 0 Å². The minimum atomic E-state index is -1.32. The van der Waals surface area contributed by atoms with Crippen molar-refractivity contribution in [2.75, 3.05) is 17.6 Å². The molecule has 0 saturated carbocycles. The average Bonchev–Trinajstić information content (AvgIpc) is 2.29. The second-order valence-electron chi connectivity index (χ2n) is 5.72. The van der Waals surface area contributed by atoms with Gasteiger partial charge in [-0.05, 0) is 23.5 Å². The lowest BCUT2D eigenvalue weighted by Crippen LogP contribution is -2.28. The van der Waals surface area contributed by atoms with Crippen molar-refractivity contribution in [2.45, 2.75) is 27.7 Å². The molecule has 0 unspecified atom stereocenters. The van der Waals surface area contributed by atoms with Crippen molar-refractivity contribution in [3.63, 3.8) is 0 Å². The van der Waals surface area contributed by atoms with E-state index in [1.54, 1.807) is 0 Å². The number of rotatable bonds is 5. The lowest BCUT2D eigenvalue weighted by atomic mass is 9.81. The molecule has 0 heterocycles. The number of carboxylic acids is 1. The van der Waals surface area contributed by atoms with Gasteiger partial charge in [-0.2, -0.15) is 0 Å². The van der Waals surface area contributed by atoms with Crippen molar-refractivity contribution in [3.8, 4) is 0 Å². The molecular formula is C14H21FN2O2. The third-order valence-electron chi connectivity index (χ3n) is 3.67. The third-order valence-corrected chi connectivity index (χ3v) is 3.67. The molecule has 106 valence electrons. The Bertz CT molecular complexity index is 485. The highest BCUT2D eigenvalue weighted by Gasteiger charge is 2.22. The SMILES string of the molecule is CC(C)C(C)(C)CNc1cc(F)c(C(=O)O)cc1N. The Morgan fingerprint density at radius 2 is 2.05 bits per heavy atom. The van der Waals surface area contributed by atoms with Crippen LogP contribution in [0.2, 0.25) is 0 Å². The Morgan fingerprint density at radius 1 is 1.47 bits per heavy atom. The van der Waals surface area contributed by atoms with Gasteiger partial charge < -0.3 is 16.2 Å². The topological polar surface area (TPSA) is 75.3 Å². The van der Waals surface area contributed by atoms with Crippen molar-refractivity contribution >= 4 is 17.3 Å². The summed E-state index contributed by atoms with van der Waals surface area (Å²) in [6.07, 6.45) is 0. The third kappa shape index (κ3) is 3.59. The molecule has 4 nitrogen and oxygen atoms in total. The second-order valence-corrected chi connectivity index (χ2v) is 5.72. The van der Waals surface area contributed by atoms with E-state index >= 15 is 0 Å². The van der Waals surface area contributed by atoms with Crippen molar-refractivity contribution in [1.82, 2.24) is 0 Å². The molecule has 0 amide bonds. The van der Waals surface area contributed by atoms with E-state index in [2.05, 4.69) is 33.0 Å². The number of benzene rings is 1. The van der Waals surface area contributed by atoms with E-state index in [1.165, 1.54) is 0 Å². The van der Waals surface area contributed by atoms with E-state index in [1.807, 2.05) is 0 Å². The molecule has 0 saturated heterocycles. The zero-order valence-corrected chi connectivity index (χ0v) is 11.7. The van der Waals surface area contributed by atoms with Gasteiger partial charge in [0, 0.05) is 6.54 Å². The first kappa shape index (κ1) is 15.3. The summed E-state index contributed by atoms with van der Waals surface area (Å²) in [7, 11) is 0. The Hall–Kier alpha value is -1.78. The minimum Gasteiger partial charge on any atom is -0.478 e. The number of halogens is 1. The first-order valence-corrected chi connectivity index (χ1v) is 6.21. The first-order chi connectivity index (χ1) is 8.65. The fraction of sp³-hybridized carbons (Fsp3) is 0.500. The van der Waals surface area contributed by atoms with Crippen LogP contribution in [0.3, 0.4) is 0 Å². The maximum Gasteiger partial charge on any atom is 0.338 e. The van der Waals surface area contributed by atoms with Crippen molar-refractivity contribution in [1.29, 1.82) is 0 Å². The molecule has 5 heteroatoms. The van der Waals surface area contributed by atoms with Gasteiger partial charge in [-0.25, -0.2) is 9.18 Å². The van der Waals surface area contributed by atoms with Gasteiger partial charge in [0.15, 0.2) is 0 Å². The number of aromatic carboxylic acids is 1. The van der Waals surface area contributed by atoms with E-state index in [0.717, 1.165) is 12.1 Å². The summed E-state index contributed by atoms with van der Waals surface area (Å²) in [5.74, 6) is -1.66. The second kappa shape index (κ2) is 5.47. The predicted molar refractivity (Wildman–Crippen MR) is 74.9 cm³/mol. The van der Waals surface area contributed by atoms with Gasteiger partial charge in [0.2, 0.25) is 0 Å². The van der Waals surface area contributed by atoms with Gasteiger partial charge in [-0.15, -0.1) is 0 Å². The van der Waals surface area contributed by atoms with E-state index in [4.69, 9.17) is 10.8 Å². The first-order valence-electron chi connectivity index (χ1n) is 6.21. The molecule has 0 aliphatic carbocycles. The van der Waals surface area contributed by atoms with Crippen LogP contribution >= 0.6 is 0 Å². The molecular weight excluding hydrogens is 247 g/mol. The molecule has 0 aliphatic heterocycles. The van der Waals surface area contributed by atoms with Crippen LogP contribution in [0.1, 0.15) is 38.1 Å². The molecule has 4 N–H and O–H groups in total. The summed E-state index contributed by atoms with van der Waals surface area (Å²) in [4.78, 5) is 10.8. The molecule has 19 heavy (non-hydrogen) atoms. The Labute approximate surface area is 112 Å². The standard InChI is InChI=1S/C14H21FN2O2/c1-8(2)14(3,4)7-17-12-6-10(15)9(13(18)19)5-11(12)16/h5-6,8,17H,7,16H2,1-4H3,(H,18,19). The van der Waals surface area contributed by atoms with Crippen molar-refractivity contribution < 1.29 is 14.3 Å². The highest BCUT2D eigenvalue weighted by atomic mass is 19.1. The number of hydrogen-bond acceptors (Lipinski definition) is 3. The molecule has 0 atom stereocenters. The van der Waals surface area contributed by atoms with Crippen LogP contribution in [0.4, 0.5) is 15.8 Å². The lowest BCUT2D eigenvalue weighted by molar-refractivity contribution is 0.0692. The van der Waals surface area contributed by atoms with Gasteiger partial charge in [-0.1, -0.05) is 27.7 Å². The number of hydrogen-bond donors (Lipinski definition) is 3. The van der Waals surface area contributed by atoms with E-state index in [0.29, 0.717) is 18.2 Å². The molecule has 0 bridgehead atoms. The van der Waals surface area contributed by atoms with Gasteiger partial charge >= 0.3 is 5.97 Å². The largest absolute Gasteiger partial charge is 0.478 e. The summed E-state index contributed by atoms with van der Waals surface area (Å²) in [5.41, 5.74) is 6.01. The fourth-order valence-corrected chi connectivity index (χ4v) is 1.43. The lowest BCUT2D eigenvalue weighted by Gasteiger charge is -2.30. The van der Waals surface area contributed by atoms with E-state index < -0.39 is 17.3 Å². The number of nitrogens with two attached hydrogens (primary N) is 1. The number of nitrogen functional groups attached to an aromatic ring is 1. The Kier molecular flexibility index (Phi) is 4.39. The maximum atomic E-state index is 13.6. The normalized spacial score (nSPS) is 11.7. The quantitative estimate of drug-likeness (QED) is 0.717. The Balaban J connectivity index is 2.92. The molecule has 1 aromatic carbocycles. The van der Waals surface area contributed by atoms with Crippen LogP contribution in [-0.4, -0.2) is 17.6 Å². The Morgan fingerprint density at radius 3 is 2.53 bits per heavy atom. The van der Waals surface area contributed by atoms with Gasteiger partial charge in [0.1, 0.15) is 5.82 Å². The fourth-order valence-electron chi connectivity index (χ4n) is 1.43. The minimum absolute atomic E-state index is 0.0222. The van der Waals surface area contributed by atoms with Crippen molar-refractivity contribution in [3.05, 3.63) is 23.5 Å². The highest BCUT2D eigenvalue weighted by Crippen LogP contribution is 2.29. The number of carboxylic acid groups (broad SMARTS) is 1. The molecule has 0 fully saturated rings. The van der Waals surface area contributed by atoms with Crippen LogP contribution in [0.5, 0.6) is 0 Å². The molecule has 0 aliphatic rings. The van der Waals surface area contributed by atoms with Crippen LogP contribution < -0.4 is 11.1 Å². The molecule has 1 rings (SSSR count). The summed E-state index contributed by atoms with van der Waals surface area (Å²) in [5, 5.41) is 11.9. The van der Waals surface area contributed by atoms with Crippen LogP contribution in [0.15, 0.2) is 12.1 Å². The number of anilines is 2. The van der Waals surface area contributed by atoms with Crippen LogP contribution in [0.25, 0.3) is 0 Å². The van der Waals surface area contributed by atoms with Crippen LogP contribution in [0, 0.1) is 17.2 Å². The molecule has 0 radical (unpaired) electrons. The number of nitrogens with one attached hydrogen (secondary N) is 1. The zero-order valence-electron chi connectivity index (χ0n) is 11.7. The van der Waals surface area contributed by atoms with Gasteiger partial charge in [-0.3, -0.25) is 0 Å². The summed E-state index contributed by atoms with van der Waals surface area (Å²) in [6, 6.07) is 2.28. The average molecular weight is 268 g/mol. The highest BCUT2D eigenvalue weighted by molar-refractivity contribution is 5.90. The predicted octanol–water partition coefficient (Wildman–Crippen LogP) is 3.20. The van der Waals surface area contributed by atoms with Crippen molar-refractivity contribution in [2.24, 2.45) is 11.3 Å². The number of carbonyl (C=O) groups is 1. The summed E-state index contributed by atoms with van der Waals surface area (Å²) in [6.45, 7) is 9.05. The molecule has 1 aromatic rings. The van der Waals surface area contributed by atoms with Gasteiger partial charge in [0.25, 0.3) is 0 Å². The van der Waals surface area contributed by atoms with E-state index in [9.17, 15) is 9.18 Å². The summed E-state index contributed by atoms with van der Waals surface area (Å²) >= 11 is 0.